The molecule has 2 aromatic heterocycles. The average molecular weight is 228 g/mol. The highest BCUT2D eigenvalue weighted by atomic mass is 16.4. The summed E-state index contributed by atoms with van der Waals surface area (Å²) >= 11 is 0. The number of carbonyl (C=O) groups is 1. The van der Waals surface area contributed by atoms with E-state index in [1.54, 1.807) is 6.26 Å². The summed E-state index contributed by atoms with van der Waals surface area (Å²) < 4.78 is 5.28. The van der Waals surface area contributed by atoms with Crippen molar-refractivity contribution < 1.29 is 14.3 Å². The van der Waals surface area contributed by atoms with E-state index in [2.05, 4.69) is 10.2 Å². The summed E-state index contributed by atoms with van der Waals surface area (Å²) in [5.41, 5.74) is 2.22. The average Bonchev–Trinajstić information content (AvgIpc) is 2.97. The van der Waals surface area contributed by atoms with Gasteiger partial charge in [0.05, 0.1) is 12.0 Å². The third-order valence-corrected chi connectivity index (χ3v) is 2.56. The Kier molecular flexibility index (Phi) is 1.98. The maximum atomic E-state index is 10.7. The summed E-state index contributed by atoms with van der Waals surface area (Å²) in [6, 6.07) is 8.97. The number of aromatic nitrogens is 2. The largest absolute Gasteiger partial charge is 0.477 e. The molecule has 0 saturated heterocycles. The molecule has 0 aliphatic heterocycles. The van der Waals surface area contributed by atoms with Crippen molar-refractivity contribution in [3.8, 4) is 11.3 Å². The molecule has 0 spiro atoms. The molecule has 0 radical (unpaired) electrons. The van der Waals surface area contributed by atoms with Gasteiger partial charge in [0.25, 0.3) is 0 Å². The van der Waals surface area contributed by atoms with E-state index in [0.717, 1.165) is 16.5 Å². The smallest absolute Gasteiger partial charge is 0.353 e. The molecule has 5 heteroatoms. The monoisotopic (exact) mass is 228 g/mol. The number of hydrogen-bond acceptors (Lipinski definition) is 3. The van der Waals surface area contributed by atoms with E-state index in [-0.39, 0.29) is 5.69 Å². The van der Waals surface area contributed by atoms with Crippen LogP contribution in [-0.4, -0.2) is 21.3 Å². The minimum absolute atomic E-state index is 0.0690. The Morgan fingerprint density at radius 3 is 2.94 bits per heavy atom. The van der Waals surface area contributed by atoms with Gasteiger partial charge in [0, 0.05) is 10.9 Å². The molecular weight excluding hydrogens is 220 g/mol. The zero-order valence-electron chi connectivity index (χ0n) is 8.68. The second kappa shape index (κ2) is 3.48. The molecule has 3 aromatic rings. The molecule has 2 N–H and O–H groups in total. The lowest BCUT2D eigenvalue weighted by Crippen LogP contribution is -1.95. The number of aromatic amines is 1. The number of nitrogens with zero attached hydrogens (tertiary/aromatic N) is 1. The first-order valence-corrected chi connectivity index (χ1v) is 5.00. The Hall–Kier alpha value is -2.56. The number of carboxylic acids is 1. The number of benzene rings is 1. The van der Waals surface area contributed by atoms with Crippen molar-refractivity contribution in [2.45, 2.75) is 0 Å². The Balaban J connectivity index is 2.09. The second-order valence-electron chi connectivity index (χ2n) is 3.65. The number of aromatic carboxylic acids is 1. The summed E-state index contributed by atoms with van der Waals surface area (Å²) in [4.78, 5) is 10.7. The van der Waals surface area contributed by atoms with Crippen LogP contribution in [0.3, 0.4) is 0 Å². The Labute approximate surface area is 95.7 Å². The van der Waals surface area contributed by atoms with Crippen molar-refractivity contribution in [2.75, 3.05) is 0 Å². The summed E-state index contributed by atoms with van der Waals surface area (Å²) in [5.74, 6) is -1.03. The van der Waals surface area contributed by atoms with E-state index in [1.807, 2.05) is 24.3 Å². The molecule has 1 aromatic carbocycles. The highest BCUT2D eigenvalue weighted by Gasteiger charge is 2.09. The van der Waals surface area contributed by atoms with Gasteiger partial charge in [-0.2, -0.15) is 5.10 Å². The standard InChI is InChI=1S/C12H8N2O3/c15-12(16)10-6-9(13-14-10)8-2-1-7-3-4-17-11(7)5-8/h1-6H,(H,13,14)(H,15,16). The maximum absolute atomic E-state index is 10.7. The molecule has 0 atom stereocenters. The van der Waals surface area contributed by atoms with Gasteiger partial charge in [0.1, 0.15) is 11.3 Å². The van der Waals surface area contributed by atoms with Crippen LogP contribution in [-0.2, 0) is 0 Å². The van der Waals surface area contributed by atoms with Crippen LogP contribution < -0.4 is 0 Å². The van der Waals surface area contributed by atoms with Crippen molar-refractivity contribution in [2.24, 2.45) is 0 Å². The van der Waals surface area contributed by atoms with Gasteiger partial charge in [-0.1, -0.05) is 12.1 Å². The minimum atomic E-state index is -1.03. The van der Waals surface area contributed by atoms with Crippen LogP contribution in [0.5, 0.6) is 0 Å². The Morgan fingerprint density at radius 2 is 2.18 bits per heavy atom. The lowest BCUT2D eigenvalue weighted by Gasteiger charge is -1.95. The van der Waals surface area contributed by atoms with E-state index in [9.17, 15) is 4.79 Å². The summed E-state index contributed by atoms with van der Waals surface area (Å²) in [7, 11) is 0. The van der Waals surface area contributed by atoms with Crippen molar-refractivity contribution in [1.29, 1.82) is 0 Å². The molecule has 0 fully saturated rings. The van der Waals surface area contributed by atoms with Crippen LogP contribution in [0.25, 0.3) is 22.2 Å². The summed E-state index contributed by atoms with van der Waals surface area (Å²) in [5, 5.41) is 16.2. The van der Waals surface area contributed by atoms with Gasteiger partial charge < -0.3 is 9.52 Å². The van der Waals surface area contributed by atoms with Gasteiger partial charge in [-0.25, -0.2) is 4.79 Å². The molecule has 3 rings (SSSR count). The van der Waals surface area contributed by atoms with Gasteiger partial charge in [-0.05, 0) is 18.2 Å². The topological polar surface area (TPSA) is 79.1 Å². The van der Waals surface area contributed by atoms with E-state index in [4.69, 9.17) is 9.52 Å². The quantitative estimate of drug-likeness (QED) is 0.706. The third-order valence-electron chi connectivity index (χ3n) is 2.56. The number of H-pyrrole nitrogens is 1. The van der Waals surface area contributed by atoms with E-state index in [1.165, 1.54) is 6.07 Å². The second-order valence-corrected chi connectivity index (χ2v) is 3.65. The molecule has 17 heavy (non-hydrogen) atoms. The van der Waals surface area contributed by atoms with Gasteiger partial charge in [-0.15, -0.1) is 0 Å². The lowest BCUT2D eigenvalue weighted by molar-refractivity contribution is 0.0690. The normalized spacial score (nSPS) is 10.8. The van der Waals surface area contributed by atoms with Gasteiger partial charge >= 0.3 is 5.97 Å². The number of furan rings is 1. The molecule has 0 unspecified atom stereocenters. The van der Waals surface area contributed by atoms with Crippen LogP contribution >= 0.6 is 0 Å². The predicted octanol–water partition coefficient (Wildman–Crippen LogP) is 2.52. The molecule has 0 saturated carbocycles. The first kappa shape index (κ1) is 9.65. The fraction of sp³-hybridized carbons (Fsp3) is 0. The maximum Gasteiger partial charge on any atom is 0.353 e. The number of hydrogen-bond donors (Lipinski definition) is 2. The molecule has 84 valence electrons. The minimum Gasteiger partial charge on any atom is -0.477 e. The van der Waals surface area contributed by atoms with Gasteiger partial charge in [0.15, 0.2) is 0 Å². The fourth-order valence-electron chi connectivity index (χ4n) is 1.69. The molecular formula is C12H8N2O3. The zero-order chi connectivity index (χ0) is 11.8. The number of nitrogens with one attached hydrogen (secondary N) is 1. The van der Waals surface area contributed by atoms with Crippen molar-refractivity contribution in [3.05, 3.63) is 42.3 Å². The van der Waals surface area contributed by atoms with Crippen LogP contribution in [0, 0.1) is 0 Å². The molecule has 0 aliphatic carbocycles. The number of fused-ring (bicyclic) bond motifs is 1. The predicted molar refractivity (Wildman–Crippen MR) is 60.8 cm³/mol. The van der Waals surface area contributed by atoms with Crippen molar-refractivity contribution in [3.63, 3.8) is 0 Å². The summed E-state index contributed by atoms with van der Waals surface area (Å²) in [6.07, 6.45) is 1.61. The number of carboxylic acid groups (broad SMARTS) is 1. The van der Waals surface area contributed by atoms with Gasteiger partial charge in [0.2, 0.25) is 0 Å². The Morgan fingerprint density at radius 1 is 1.29 bits per heavy atom. The lowest BCUT2D eigenvalue weighted by atomic mass is 10.1. The van der Waals surface area contributed by atoms with E-state index < -0.39 is 5.97 Å². The highest BCUT2D eigenvalue weighted by Crippen LogP contribution is 2.24. The molecule has 0 aliphatic rings. The molecule has 0 amide bonds. The fourth-order valence-corrected chi connectivity index (χ4v) is 1.69. The molecule has 0 bridgehead atoms. The SMILES string of the molecule is O=C(O)c1cc(-c2ccc3ccoc3c2)n[nH]1. The van der Waals surface area contributed by atoms with Crippen LogP contribution in [0.4, 0.5) is 0 Å². The number of rotatable bonds is 2. The Bertz CT molecular complexity index is 696. The van der Waals surface area contributed by atoms with E-state index in [0.29, 0.717) is 5.69 Å². The molecule has 2 heterocycles. The van der Waals surface area contributed by atoms with Crippen LogP contribution in [0.2, 0.25) is 0 Å². The van der Waals surface area contributed by atoms with Gasteiger partial charge in [-0.3, -0.25) is 5.10 Å². The summed E-state index contributed by atoms with van der Waals surface area (Å²) in [6.45, 7) is 0. The van der Waals surface area contributed by atoms with E-state index >= 15 is 0 Å². The zero-order valence-corrected chi connectivity index (χ0v) is 8.68. The van der Waals surface area contributed by atoms with Crippen LogP contribution in [0.15, 0.2) is 41.0 Å². The first-order chi connectivity index (χ1) is 8.24. The van der Waals surface area contributed by atoms with Crippen LogP contribution in [0.1, 0.15) is 10.5 Å². The highest BCUT2D eigenvalue weighted by molar-refractivity contribution is 5.88. The molecule has 5 nitrogen and oxygen atoms in total. The van der Waals surface area contributed by atoms with Crippen molar-refractivity contribution >= 4 is 16.9 Å². The third kappa shape index (κ3) is 1.57. The first-order valence-electron chi connectivity index (χ1n) is 5.00. The van der Waals surface area contributed by atoms with Crippen molar-refractivity contribution in [1.82, 2.24) is 10.2 Å².